The lowest BCUT2D eigenvalue weighted by molar-refractivity contribution is 0.318. The van der Waals surface area contributed by atoms with Gasteiger partial charge in [0.25, 0.3) is 0 Å². The molecule has 0 aromatic heterocycles. The van der Waals surface area contributed by atoms with Crippen LogP contribution in [0.25, 0.3) is 6.08 Å². The molecule has 0 N–H and O–H groups in total. The maximum atomic E-state index is 15.0. The second-order valence-electron chi connectivity index (χ2n) is 8.58. The zero-order chi connectivity index (χ0) is 18.8. The summed E-state index contributed by atoms with van der Waals surface area (Å²) in [6.45, 7) is 6.15. The summed E-state index contributed by atoms with van der Waals surface area (Å²) < 4.78 is 15.0. The van der Waals surface area contributed by atoms with Crippen molar-refractivity contribution in [2.45, 2.75) is 70.1 Å². The molecule has 4 rings (SSSR count). The van der Waals surface area contributed by atoms with Crippen LogP contribution in [0.3, 0.4) is 0 Å². The van der Waals surface area contributed by atoms with Gasteiger partial charge in [0.2, 0.25) is 0 Å². The maximum Gasteiger partial charge on any atom is 0.126 e. The molecule has 0 amide bonds. The summed E-state index contributed by atoms with van der Waals surface area (Å²) in [5.74, 6) is 1.76. The first kappa shape index (κ1) is 18.5. The smallest absolute Gasteiger partial charge is 0.126 e. The summed E-state index contributed by atoms with van der Waals surface area (Å²) in [6.07, 6.45) is 11.3. The Kier molecular flexibility index (Phi) is 5.48. The molecular weight excluding hydrogens is 331 g/mol. The number of aryl methyl sites for hydroxylation is 1. The van der Waals surface area contributed by atoms with Gasteiger partial charge in [0.05, 0.1) is 0 Å². The number of hydrogen-bond acceptors (Lipinski definition) is 0. The van der Waals surface area contributed by atoms with Crippen molar-refractivity contribution < 1.29 is 4.39 Å². The molecule has 1 atom stereocenters. The van der Waals surface area contributed by atoms with Gasteiger partial charge in [0.1, 0.15) is 5.82 Å². The van der Waals surface area contributed by atoms with Crippen LogP contribution in [-0.4, -0.2) is 0 Å². The second kappa shape index (κ2) is 8.00. The predicted octanol–water partition coefficient (Wildman–Crippen LogP) is 7.43. The highest BCUT2D eigenvalue weighted by Crippen LogP contribution is 2.39. The molecule has 0 spiro atoms. The third-order valence-electron chi connectivity index (χ3n) is 7.05. The van der Waals surface area contributed by atoms with Crippen LogP contribution in [-0.2, 0) is 12.8 Å². The minimum absolute atomic E-state index is 0.0151. The third-order valence-corrected chi connectivity index (χ3v) is 7.05. The Hall–Kier alpha value is -1.89. The lowest BCUT2D eigenvalue weighted by Crippen LogP contribution is -2.15. The SMILES string of the molecule is C=Cc1ccc2c(c1)CCC(c1ccc(C3CCC(CC)CC3)cc1F)C2. The number of hydrogen-bond donors (Lipinski definition) is 0. The van der Waals surface area contributed by atoms with E-state index in [-0.39, 0.29) is 5.82 Å². The molecule has 2 aromatic carbocycles. The van der Waals surface area contributed by atoms with Gasteiger partial charge in [-0.25, -0.2) is 4.39 Å². The molecule has 0 saturated heterocycles. The lowest BCUT2D eigenvalue weighted by atomic mass is 9.76. The molecule has 1 unspecified atom stereocenters. The Morgan fingerprint density at radius 3 is 2.48 bits per heavy atom. The highest BCUT2D eigenvalue weighted by molar-refractivity contribution is 5.51. The van der Waals surface area contributed by atoms with Crippen LogP contribution in [0.15, 0.2) is 43.0 Å². The molecule has 0 radical (unpaired) electrons. The Balaban J connectivity index is 1.49. The molecule has 1 heteroatoms. The van der Waals surface area contributed by atoms with Crippen molar-refractivity contribution in [1.29, 1.82) is 0 Å². The molecule has 0 bridgehead atoms. The molecular formula is C26H31F. The van der Waals surface area contributed by atoms with Gasteiger partial charge in [0, 0.05) is 0 Å². The second-order valence-corrected chi connectivity index (χ2v) is 8.58. The van der Waals surface area contributed by atoms with Crippen molar-refractivity contribution in [2.24, 2.45) is 5.92 Å². The summed E-state index contributed by atoms with van der Waals surface area (Å²) in [5.41, 5.74) is 6.10. The zero-order valence-corrected chi connectivity index (χ0v) is 16.5. The molecule has 0 aliphatic heterocycles. The van der Waals surface area contributed by atoms with E-state index in [1.807, 2.05) is 12.1 Å². The zero-order valence-electron chi connectivity index (χ0n) is 16.5. The van der Waals surface area contributed by atoms with E-state index in [1.165, 1.54) is 54.4 Å². The van der Waals surface area contributed by atoms with E-state index >= 15 is 4.39 Å². The summed E-state index contributed by atoms with van der Waals surface area (Å²) in [4.78, 5) is 0. The molecule has 27 heavy (non-hydrogen) atoms. The fraction of sp³-hybridized carbons (Fsp3) is 0.462. The van der Waals surface area contributed by atoms with Crippen molar-refractivity contribution in [3.05, 3.63) is 76.6 Å². The summed E-state index contributed by atoms with van der Waals surface area (Å²) in [5, 5.41) is 0. The van der Waals surface area contributed by atoms with E-state index in [1.54, 1.807) is 0 Å². The summed E-state index contributed by atoms with van der Waals surface area (Å²) >= 11 is 0. The van der Waals surface area contributed by atoms with Crippen LogP contribution in [0.2, 0.25) is 0 Å². The average molecular weight is 363 g/mol. The van der Waals surface area contributed by atoms with Crippen LogP contribution >= 0.6 is 0 Å². The van der Waals surface area contributed by atoms with E-state index in [9.17, 15) is 0 Å². The molecule has 142 valence electrons. The first-order valence-electron chi connectivity index (χ1n) is 10.7. The first-order valence-corrected chi connectivity index (χ1v) is 10.7. The van der Waals surface area contributed by atoms with Gasteiger partial charge in [-0.3, -0.25) is 0 Å². The largest absolute Gasteiger partial charge is 0.207 e. The quantitative estimate of drug-likeness (QED) is 0.530. The van der Waals surface area contributed by atoms with E-state index in [2.05, 4.69) is 43.8 Å². The third kappa shape index (κ3) is 3.88. The van der Waals surface area contributed by atoms with E-state index in [0.717, 1.165) is 30.7 Å². The fourth-order valence-corrected chi connectivity index (χ4v) is 5.20. The fourth-order valence-electron chi connectivity index (χ4n) is 5.20. The van der Waals surface area contributed by atoms with Crippen LogP contribution in [0, 0.1) is 11.7 Å². The van der Waals surface area contributed by atoms with Crippen LogP contribution < -0.4 is 0 Å². The van der Waals surface area contributed by atoms with E-state index < -0.39 is 0 Å². The van der Waals surface area contributed by atoms with Crippen LogP contribution in [0.5, 0.6) is 0 Å². The summed E-state index contributed by atoms with van der Waals surface area (Å²) in [6, 6.07) is 12.7. The average Bonchev–Trinajstić information content (AvgIpc) is 2.73. The van der Waals surface area contributed by atoms with Gasteiger partial charge >= 0.3 is 0 Å². The van der Waals surface area contributed by atoms with Gasteiger partial charge in [-0.2, -0.15) is 0 Å². The molecule has 2 aliphatic rings. The number of rotatable bonds is 4. The van der Waals surface area contributed by atoms with Gasteiger partial charge in [0.15, 0.2) is 0 Å². The maximum absolute atomic E-state index is 15.0. The van der Waals surface area contributed by atoms with Crippen molar-refractivity contribution >= 4 is 6.08 Å². The van der Waals surface area contributed by atoms with Crippen LogP contribution in [0.1, 0.15) is 85.1 Å². The standard InChI is InChI=1S/C26H31F/c1-3-18-5-8-20(9-6-18)23-13-14-25(26(27)17-23)24-12-11-21-15-19(4-2)7-10-22(21)16-24/h4,7,10,13-15,17-18,20,24H,2-3,5-6,8-9,11-12,16H2,1H3. The number of halogens is 1. The Labute approximate surface area is 163 Å². The van der Waals surface area contributed by atoms with E-state index in [4.69, 9.17) is 0 Å². The normalized spacial score (nSPS) is 25.0. The van der Waals surface area contributed by atoms with Gasteiger partial charge in [-0.05, 0) is 96.6 Å². The van der Waals surface area contributed by atoms with Crippen molar-refractivity contribution in [2.75, 3.05) is 0 Å². The van der Waals surface area contributed by atoms with E-state index in [0.29, 0.717) is 11.8 Å². The minimum atomic E-state index is 0.0151. The summed E-state index contributed by atoms with van der Waals surface area (Å²) in [7, 11) is 0. The predicted molar refractivity (Wildman–Crippen MR) is 113 cm³/mol. The van der Waals surface area contributed by atoms with Gasteiger partial charge in [-0.15, -0.1) is 0 Å². The van der Waals surface area contributed by atoms with Gasteiger partial charge in [-0.1, -0.05) is 56.3 Å². The Morgan fingerprint density at radius 2 is 1.78 bits per heavy atom. The number of fused-ring (bicyclic) bond motifs is 1. The molecule has 2 aliphatic carbocycles. The molecule has 1 fully saturated rings. The van der Waals surface area contributed by atoms with Crippen LogP contribution in [0.4, 0.5) is 4.39 Å². The Bertz CT molecular complexity index is 811. The number of benzene rings is 2. The Morgan fingerprint density at radius 1 is 0.963 bits per heavy atom. The molecule has 1 saturated carbocycles. The van der Waals surface area contributed by atoms with Crippen molar-refractivity contribution in [3.63, 3.8) is 0 Å². The first-order chi connectivity index (χ1) is 13.2. The van der Waals surface area contributed by atoms with Crippen molar-refractivity contribution in [1.82, 2.24) is 0 Å². The van der Waals surface area contributed by atoms with Gasteiger partial charge < -0.3 is 0 Å². The molecule has 2 aromatic rings. The highest BCUT2D eigenvalue weighted by atomic mass is 19.1. The lowest BCUT2D eigenvalue weighted by Gasteiger charge is -2.29. The topological polar surface area (TPSA) is 0 Å². The van der Waals surface area contributed by atoms with Crippen molar-refractivity contribution in [3.8, 4) is 0 Å². The monoisotopic (exact) mass is 362 g/mol. The molecule has 0 heterocycles. The molecule has 0 nitrogen and oxygen atoms in total. The highest BCUT2D eigenvalue weighted by Gasteiger charge is 2.25. The minimum Gasteiger partial charge on any atom is -0.207 e.